The number of carbonyl (C=O) groups is 2. The van der Waals surface area contributed by atoms with Gasteiger partial charge in [-0.1, -0.05) is 32.0 Å². The van der Waals surface area contributed by atoms with Gasteiger partial charge in [0.25, 0.3) is 0 Å². The summed E-state index contributed by atoms with van der Waals surface area (Å²) in [4.78, 5) is 25.5. The molecule has 2 rings (SSSR count). The number of nitrogens with two attached hydrogens (primary N) is 1. The van der Waals surface area contributed by atoms with Crippen molar-refractivity contribution in [1.82, 2.24) is 4.90 Å². The maximum absolute atomic E-state index is 12.2. The number of rotatable bonds is 5. The molecule has 22 heavy (non-hydrogen) atoms. The highest BCUT2D eigenvalue weighted by atomic mass is 16.2. The van der Waals surface area contributed by atoms with Crippen molar-refractivity contribution in [3.8, 4) is 0 Å². The van der Waals surface area contributed by atoms with Gasteiger partial charge in [-0.25, -0.2) is 0 Å². The molecule has 0 unspecified atom stereocenters. The van der Waals surface area contributed by atoms with Crippen LogP contribution >= 0.6 is 0 Å². The van der Waals surface area contributed by atoms with Gasteiger partial charge in [-0.3, -0.25) is 14.5 Å². The molecule has 0 bridgehead atoms. The van der Waals surface area contributed by atoms with Crippen LogP contribution in [0.25, 0.3) is 0 Å². The van der Waals surface area contributed by atoms with E-state index in [1.54, 1.807) is 0 Å². The summed E-state index contributed by atoms with van der Waals surface area (Å²) >= 11 is 0. The Morgan fingerprint density at radius 1 is 1.27 bits per heavy atom. The minimum absolute atomic E-state index is 0.00868. The van der Waals surface area contributed by atoms with Crippen molar-refractivity contribution >= 4 is 17.5 Å². The number of anilines is 1. The lowest BCUT2D eigenvalue weighted by Gasteiger charge is -2.29. The van der Waals surface area contributed by atoms with Crippen molar-refractivity contribution in [2.45, 2.75) is 32.6 Å². The third-order valence-corrected chi connectivity index (χ3v) is 4.21. The molecular weight excluding hydrogens is 278 g/mol. The molecule has 0 aliphatic carbocycles. The molecule has 5 nitrogen and oxygen atoms in total. The third kappa shape index (κ3) is 4.31. The Kier molecular flexibility index (Phi) is 5.55. The SMILES string of the molecule is CC(C)c1ccccc1NC(=O)CN1CCC(C(N)=O)CC1. The highest BCUT2D eigenvalue weighted by Gasteiger charge is 2.24. The molecule has 120 valence electrons. The number of carbonyl (C=O) groups excluding carboxylic acids is 2. The van der Waals surface area contributed by atoms with Crippen molar-refractivity contribution in [1.29, 1.82) is 0 Å². The van der Waals surface area contributed by atoms with Gasteiger partial charge in [0, 0.05) is 11.6 Å². The normalized spacial score (nSPS) is 16.7. The molecule has 0 radical (unpaired) electrons. The van der Waals surface area contributed by atoms with Crippen LogP contribution in [0.4, 0.5) is 5.69 Å². The Balaban J connectivity index is 1.88. The minimum Gasteiger partial charge on any atom is -0.369 e. The van der Waals surface area contributed by atoms with E-state index in [1.807, 2.05) is 24.3 Å². The smallest absolute Gasteiger partial charge is 0.238 e. The lowest BCUT2D eigenvalue weighted by atomic mass is 9.96. The van der Waals surface area contributed by atoms with Crippen LogP contribution in [0.3, 0.4) is 0 Å². The van der Waals surface area contributed by atoms with E-state index in [4.69, 9.17) is 5.73 Å². The zero-order chi connectivity index (χ0) is 16.1. The number of piperidine rings is 1. The summed E-state index contributed by atoms with van der Waals surface area (Å²) < 4.78 is 0. The van der Waals surface area contributed by atoms with Crippen molar-refractivity contribution in [3.05, 3.63) is 29.8 Å². The van der Waals surface area contributed by atoms with E-state index in [2.05, 4.69) is 24.1 Å². The van der Waals surface area contributed by atoms with Gasteiger partial charge in [-0.15, -0.1) is 0 Å². The Hall–Kier alpha value is -1.88. The van der Waals surface area contributed by atoms with Gasteiger partial charge in [-0.05, 0) is 43.5 Å². The van der Waals surface area contributed by atoms with Gasteiger partial charge in [0.1, 0.15) is 0 Å². The van der Waals surface area contributed by atoms with E-state index in [-0.39, 0.29) is 17.7 Å². The van der Waals surface area contributed by atoms with Crippen LogP contribution < -0.4 is 11.1 Å². The van der Waals surface area contributed by atoms with Crippen molar-refractivity contribution in [2.75, 3.05) is 25.0 Å². The summed E-state index contributed by atoms with van der Waals surface area (Å²) in [6.07, 6.45) is 1.48. The first-order valence-corrected chi connectivity index (χ1v) is 7.88. The summed E-state index contributed by atoms with van der Waals surface area (Å²) in [5.74, 6) is 0.0874. The summed E-state index contributed by atoms with van der Waals surface area (Å²) in [5.41, 5.74) is 7.35. The maximum atomic E-state index is 12.2. The average Bonchev–Trinajstić information content (AvgIpc) is 2.48. The second-order valence-electron chi connectivity index (χ2n) is 6.24. The van der Waals surface area contributed by atoms with Crippen LogP contribution in [0.1, 0.15) is 38.2 Å². The zero-order valence-corrected chi connectivity index (χ0v) is 13.3. The molecule has 2 amide bonds. The lowest BCUT2D eigenvalue weighted by molar-refractivity contribution is -0.123. The molecule has 3 N–H and O–H groups in total. The molecular formula is C17H25N3O2. The second kappa shape index (κ2) is 7.40. The van der Waals surface area contributed by atoms with Gasteiger partial charge in [0.05, 0.1) is 6.54 Å². The number of amides is 2. The number of primary amides is 1. The van der Waals surface area contributed by atoms with Crippen LogP contribution in [-0.2, 0) is 9.59 Å². The molecule has 1 aliphatic rings. The summed E-state index contributed by atoms with van der Waals surface area (Å²) in [6.45, 7) is 6.07. The summed E-state index contributed by atoms with van der Waals surface area (Å²) in [5, 5.41) is 3.00. The van der Waals surface area contributed by atoms with Crippen LogP contribution in [0, 0.1) is 5.92 Å². The molecule has 1 aromatic rings. The number of para-hydroxylation sites is 1. The van der Waals surface area contributed by atoms with Crippen LogP contribution in [0.2, 0.25) is 0 Å². The van der Waals surface area contributed by atoms with Crippen molar-refractivity contribution in [3.63, 3.8) is 0 Å². The van der Waals surface area contributed by atoms with Gasteiger partial charge in [0.2, 0.25) is 11.8 Å². The number of nitrogens with zero attached hydrogens (tertiary/aromatic N) is 1. The monoisotopic (exact) mass is 303 g/mol. The number of hydrogen-bond acceptors (Lipinski definition) is 3. The van der Waals surface area contributed by atoms with E-state index >= 15 is 0 Å². The highest BCUT2D eigenvalue weighted by Crippen LogP contribution is 2.23. The number of likely N-dealkylation sites (tertiary alicyclic amines) is 1. The Morgan fingerprint density at radius 3 is 2.50 bits per heavy atom. The van der Waals surface area contributed by atoms with E-state index in [1.165, 1.54) is 0 Å². The fourth-order valence-electron chi connectivity index (χ4n) is 2.88. The Bertz CT molecular complexity index is 534. The van der Waals surface area contributed by atoms with Gasteiger partial charge < -0.3 is 11.1 Å². The lowest BCUT2D eigenvalue weighted by Crippen LogP contribution is -2.42. The van der Waals surface area contributed by atoms with E-state index in [0.29, 0.717) is 12.5 Å². The predicted molar refractivity (Wildman–Crippen MR) is 87.5 cm³/mol. The molecule has 0 aromatic heterocycles. The van der Waals surface area contributed by atoms with E-state index < -0.39 is 0 Å². The first-order valence-electron chi connectivity index (χ1n) is 7.88. The summed E-state index contributed by atoms with van der Waals surface area (Å²) in [6, 6.07) is 7.89. The largest absolute Gasteiger partial charge is 0.369 e. The molecule has 0 atom stereocenters. The molecule has 1 saturated heterocycles. The topological polar surface area (TPSA) is 75.4 Å². The molecule has 1 aromatic carbocycles. The Labute approximate surface area is 131 Å². The predicted octanol–water partition coefficient (Wildman–Crippen LogP) is 1.95. The van der Waals surface area contributed by atoms with Gasteiger partial charge >= 0.3 is 0 Å². The van der Waals surface area contributed by atoms with Crippen LogP contribution in [0.5, 0.6) is 0 Å². The Morgan fingerprint density at radius 2 is 1.91 bits per heavy atom. The zero-order valence-electron chi connectivity index (χ0n) is 13.3. The molecule has 1 heterocycles. The standard InChI is InChI=1S/C17H25N3O2/c1-12(2)14-5-3-4-6-15(14)19-16(21)11-20-9-7-13(8-10-20)17(18)22/h3-6,12-13H,7-11H2,1-2H3,(H2,18,22)(H,19,21). The number of nitrogens with one attached hydrogen (secondary N) is 1. The number of benzene rings is 1. The fourth-order valence-corrected chi connectivity index (χ4v) is 2.88. The first kappa shape index (κ1) is 16.5. The maximum Gasteiger partial charge on any atom is 0.238 e. The highest BCUT2D eigenvalue weighted by molar-refractivity contribution is 5.93. The molecule has 0 spiro atoms. The van der Waals surface area contributed by atoms with E-state index in [0.717, 1.165) is 37.2 Å². The van der Waals surface area contributed by atoms with Crippen molar-refractivity contribution in [2.24, 2.45) is 11.7 Å². The van der Waals surface area contributed by atoms with Gasteiger partial charge in [0.15, 0.2) is 0 Å². The molecule has 1 aliphatic heterocycles. The number of hydrogen-bond donors (Lipinski definition) is 2. The molecule has 1 fully saturated rings. The quantitative estimate of drug-likeness (QED) is 0.873. The second-order valence-corrected chi connectivity index (χ2v) is 6.24. The van der Waals surface area contributed by atoms with Crippen LogP contribution in [-0.4, -0.2) is 36.3 Å². The minimum atomic E-state index is -0.227. The fraction of sp³-hybridized carbons (Fsp3) is 0.529. The van der Waals surface area contributed by atoms with Crippen molar-refractivity contribution < 1.29 is 9.59 Å². The molecule has 0 saturated carbocycles. The van der Waals surface area contributed by atoms with Gasteiger partial charge in [-0.2, -0.15) is 0 Å². The average molecular weight is 303 g/mol. The third-order valence-electron chi connectivity index (χ3n) is 4.21. The van der Waals surface area contributed by atoms with E-state index in [9.17, 15) is 9.59 Å². The molecule has 5 heteroatoms. The first-order chi connectivity index (χ1) is 10.5. The summed E-state index contributed by atoms with van der Waals surface area (Å²) in [7, 11) is 0. The van der Waals surface area contributed by atoms with Crippen LogP contribution in [0.15, 0.2) is 24.3 Å².